The maximum atomic E-state index is 12.2. The maximum absolute atomic E-state index is 12.2. The lowest BCUT2D eigenvalue weighted by Crippen LogP contribution is -2.25. The minimum atomic E-state index is 0.0207. The normalized spacial score (nSPS) is 20.1. The van der Waals surface area contributed by atoms with Crippen LogP contribution in [0.3, 0.4) is 0 Å². The summed E-state index contributed by atoms with van der Waals surface area (Å²) in [4.78, 5) is 12.2. The summed E-state index contributed by atoms with van der Waals surface area (Å²) in [6.07, 6.45) is 0.859. The van der Waals surface area contributed by atoms with Gasteiger partial charge in [0.2, 0.25) is 5.91 Å². The molecule has 1 amide bonds. The van der Waals surface area contributed by atoms with E-state index < -0.39 is 0 Å². The molecule has 21 heavy (non-hydrogen) atoms. The van der Waals surface area contributed by atoms with E-state index in [4.69, 9.17) is 23.2 Å². The third kappa shape index (κ3) is 3.22. The highest BCUT2D eigenvalue weighted by Gasteiger charge is 2.44. The summed E-state index contributed by atoms with van der Waals surface area (Å²) in [5, 5.41) is 4.37. The van der Waals surface area contributed by atoms with Gasteiger partial charge in [-0.25, -0.2) is 0 Å². The Hall–Kier alpha value is -1.51. The predicted molar refractivity (Wildman–Crippen MR) is 85.6 cm³/mol. The molecular formula is C17H15Cl2NO. The largest absolute Gasteiger partial charge is 0.352 e. The van der Waals surface area contributed by atoms with E-state index >= 15 is 0 Å². The molecule has 2 unspecified atom stereocenters. The number of hydrogen-bond acceptors (Lipinski definition) is 1. The summed E-state index contributed by atoms with van der Waals surface area (Å²) < 4.78 is 0. The molecule has 0 radical (unpaired) electrons. The monoisotopic (exact) mass is 319 g/mol. The van der Waals surface area contributed by atoms with Crippen LogP contribution in [0.1, 0.15) is 23.5 Å². The Kier molecular flexibility index (Phi) is 4.18. The van der Waals surface area contributed by atoms with Crippen LogP contribution in [-0.2, 0) is 11.3 Å². The smallest absolute Gasteiger partial charge is 0.224 e. The number of halogens is 2. The van der Waals surface area contributed by atoms with Crippen LogP contribution in [0, 0.1) is 5.92 Å². The number of amides is 1. The van der Waals surface area contributed by atoms with Gasteiger partial charge in [-0.1, -0.05) is 59.6 Å². The molecule has 0 spiro atoms. The molecule has 0 aromatic heterocycles. The van der Waals surface area contributed by atoms with Crippen LogP contribution in [0.25, 0.3) is 0 Å². The first-order valence-electron chi connectivity index (χ1n) is 6.92. The second-order valence-electron chi connectivity index (χ2n) is 5.28. The Labute approximate surface area is 134 Å². The fraction of sp³-hybridized carbons (Fsp3) is 0.235. The molecule has 2 nitrogen and oxygen atoms in total. The third-order valence-electron chi connectivity index (χ3n) is 3.84. The average Bonchev–Trinajstić information content (AvgIpc) is 3.27. The topological polar surface area (TPSA) is 29.1 Å². The maximum Gasteiger partial charge on any atom is 0.224 e. The molecule has 4 heteroatoms. The van der Waals surface area contributed by atoms with E-state index in [0.29, 0.717) is 11.6 Å². The van der Waals surface area contributed by atoms with E-state index in [2.05, 4.69) is 5.32 Å². The molecule has 108 valence electrons. The Morgan fingerprint density at radius 3 is 2.43 bits per heavy atom. The highest BCUT2D eigenvalue weighted by Crippen LogP contribution is 2.49. The number of nitrogens with one attached hydrogen (secondary N) is 1. The van der Waals surface area contributed by atoms with Gasteiger partial charge in [-0.05, 0) is 35.6 Å². The average molecular weight is 320 g/mol. The summed E-state index contributed by atoms with van der Waals surface area (Å²) in [5.41, 5.74) is 2.00. The zero-order chi connectivity index (χ0) is 14.8. The van der Waals surface area contributed by atoms with Gasteiger partial charge >= 0.3 is 0 Å². The van der Waals surface area contributed by atoms with Crippen LogP contribution in [0.15, 0.2) is 48.5 Å². The number of hydrogen-bond donors (Lipinski definition) is 1. The molecule has 1 aliphatic rings. The zero-order valence-electron chi connectivity index (χ0n) is 11.4. The molecule has 2 aromatic carbocycles. The molecule has 0 bridgehead atoms. The number of rotatable bonds is 4. The summed E-state index contributed by atoms with van der Waals surface area (Å²) in [6.45, 7) is 0.463. The van der Waals surface area contributed by atoms with Crippen molar-refractivity contribution < 1.29 is 4.79 Å². The van der Waals surface area contributed by atoms with Crippen LogP contribution in [0.5, 0.6) is 0 Å². The van der Waals surface area contributed by atoms with Crippen molar-refractivity contribution in [3.05, 3.63) is 69.7 Å². The van der Waals surface area contributed by atoms with Crippen LogP contribution < -0.4 is 5.32 Å². The first-order valence-corrected chi connectivity index (χ1v) is 7.68. The lowest BCUT2D eigenvalue weighted by atomic mass is 10.1. The summed E-state index contributed by atoms with van der Waals surface area (Å²) in [5.74, 6) is 0.331. The number of carbonyl (C=O) groups is 1. The zero-order valence-corrected chi connectivity index (χ0v) is 12.9. The summed E-state index contributed by atoms with van der Waals surface area (Å²) >= 11 is 12.3. The minimum Gasteiger partial charge on any atom is -0.352 e. The molecule has 1 aliphatic carbocycles. The quantitative estimate of drug-likeness (QED) is 0.888. The molecule has 1 fully saturated rings. The molecule has 0 saturated heterocycles. The van der Waals surface area contributed by atoms with Crippen molar-refractivity contribution in [2.45, 2.75) is 18.9 Å². The van der Waals surface area contributed by atoms with Crippen molar-refractivity contribution in [3.63, 3.8) is 0 Å². The van der Waals surface area contributed by atoms with Gasteiger partial charge in [-0.2, -0.15) is 0 Å². The van der Waals surface area contributed by atoms with Gasteiger partial charge in [0.1, 0.15) is 0 Å². The molecule has 3 rings (SSSR count). The highest BCUT2D eigenvalue weighted by molar-refractivity contribution is 6.31. The molecule has 2 aromatic rings. The molecule has 1 saturated carbocycles. The van der Waals surface area contributed by atoms with Crippen molar-refractivity contribution in [3.8, 4) is 0 Å². The fourth-order valence-electron chi connectivity index (χ4n) is 2.56. The second kappa shape index (κ2) is 6.08. The van der Waals surface area contributed by atoms with Gasteiger partial charge in [-0.15, -0.1) is 0 Å². The number of carbonyl (C=O) groups excluding carboxylic acids is 1. The Morgan fingerprint density at radius 1 is 1.05 bits per heavy atom. The Morgan fingerprint density at radius 2 is 1.71 bits per heavy atom. The van der Waals surface area contributed by atoms with E-state index in [0.717, 1.165) is 22.6 Å². The molecular weight excluding hydrogens is 305 g/mol. The van der Waals surface area contributed by atoms with Crippen molar-refractivity contribution in [1.82, 2.24) is 5.32 Å². The molecule has 0 heterocycles. The number of benzene rings is 2. The Bertz CT molecular complexity index is 671. The van der Waals surface area contributed by atoms with Crippen LogP contribution in [0.4, 0.5) is 0 Å². The second-order valence-corrected chi connectivity index (χ2v) is 6.09. The van der Waals surface area contributed by atoms with E-state index in [-0.39, 0.29) is 17.7 Å². The Balaban J connectivity index is 1.59. The fourth-order valence-corrected chi connectivity index (χ4v) is 3.04. The van der Waals surface area contributed by atoms with Crippen molar-refractivity contribution in [2.24, 2.45) is 5.92 Å². The lowest BCUT2D eigenvalue weighted by molar-refractivity contribution is -0.122. The highest BCUT2D eigenvalue weighted by atomic mass is 35.5. The molecule has 2 atom stereocenters. The van der Waals surface area contributed by atoms with Gasteiger partial charge in [0.15, 0.2) is 0 Å². The first-order chi connectivity index (χ1) is 10.2. The van der Waals surface area contributed by atoms with Crippen molar-refractivity contribution in [1.29, 1.82) is 0 Å². The van der Waals surface area contributed by atoms with Crippen LogP contribution >= 0.6 is 23.2 Å². The summed E-state index contributed by atoms with van der Waals surface area (Å²) in [7, 11) is 0. The van der Waals surface area contributed by atoms with E-state index in [1.54, 1.807) is 0 Å². The van der Waals surface area contributed by atoms with Crippen molar-refractivity contribution >= 4 is 29.1 Å². The lowest BCUT2D eigenvalue weighted by Gasteiger charge is -2.07. The third-order valence-corrected chi connectivity index (χ3v) is 4.56. The van der Waals surface area contributed by atoms with Crippen LogP contribution in [0.2, 0.25) is 10.0 Å². The molecule has 0 aliphatic heterocycles. The first kappa shape index (κ1) is 14.4. The predicted octanol–water partition coefficient (Wildman–Crippen LogP) is 4.41. The standard InChI is InChI=1S/C17H15Cl2NO/c18-15-7-3-1-5-11(15)10-20-17(21)14-9-13(14)12-6-2-4-8-16(12)19/h1-8,13-14H,9-10H2,(H,20,21). The van der Waals surface area contributed by atoms with E-state index in [9.17, 15) is 4.79 Å². The van der Waals surface area contributed by atoms with Gasteiger partial charge in [0, 0.05) is 22.5 Å². The van der Waals surface area contributed by atoms with E-state index in [1.165, 1.54) is 0 Å². The van der Waals surface area contributed by atoms with Gasteiger partial charge < -0.3 is 5.32 Å². The SMILES string of the molecule is O=C(NCc1ccccc1Cl)C1CC1c1ccccc1Cl. The van der Waals surface area contributed by atoms with Gasteiger partial charge in [-0.3, -0.25) is 4.79 Å². The molecule has 1 N–H and O–H groups in total. The van der Waals surface area contributed by atoms with Gasteiger partial charge in [0.05, 0.1) is 0 Å². The van der Waals surface area contributed by atoms with Gasteiger partial charge in [0.25, 0.3) is 0 Å². The minimum absolute atomic E-state index is 0.0207. The van der Waals surface area contributed by atoms with Crippen molar-refractivity contribution in [2.75, 3.05) is 0 Å². The van der Waals surface area contributed by atoms with Crippen LogP contribution in [-0.4, -0.2) is 5.91 Å². The summed E-state index contributed by atoms with van der Waals surface area (Å²) in [6, 6.07) is 15.3. The van der Waals surface area contributed by atoms with E-state index in [1.807, 2.05) is 48.5 Å².